The number of aromatic nitrogens is 1. The van der Waals surface area contributed by atoms with E-state index in [9.17, 15) is 9.90 Å². The predicted molar refractivity (Wildman–Crippen MR) is 118 cm³/mol. The standard InChI is InChI=1S/C25H28N2O3/c1-30-21-12-11-19-14-20(16-26-24(25(28)29)18-9-3-2-4-10-18)27-23(22(19)15-21)13-17-7-5-6-8-17/h2-4,9-12,14-15,17,24,26H,5-8,13,16H2,1H3,(H,28,29). The lowest BCUT2D eigenvalue weighted by Gasteiger charge is -2.17. The van der Waals surface area contributed by atoms with Crippen LogP contribution in [0.5, 0.6) is 5.75 Å². The lowest BCUT2D eigenvalue weighted by molar-refractivity contribution is -0.139. The molecule has 0 radical (unpaired) electrons. The van der Waals surface area contributed by atoms with Crippen molar-refractivity contribution in [3.63, 3.8) is 0 Å². The highest BCUT2D eigenvalue weighted by atomic mass is 16.5. The molecule has 0 amide bonds. The fraction of sp³-hybridized carbons (Fsp3) is 0.360. The smallest absolute Gasteiger partial charge is 0.325 e. The number of carbonyl (C=O) groups is 1. The van der Waals surface area contributed by atoms with Gasteiger partial charge in [0.1, 0.15) is 11.8 Å². The maximum absolute atomic E-state index is 11.8. The van der Waals surface area contributed by atoms with Crippen LogP contribution in [0.25, 0.3) is 10.8 Å². The van der Waals surface area contributed by atoms with Crippen LogP contribution in [-0.4, -0.2) is 23.2 Å². The van der Waals surface area contributed by atoms with Gasteiger partial charge in [0.25, 0.3) is 0 Å². The van der Waals surface area contributed by atoms with Gasteiger partial charge in [0, 0.05) is 17.6 Å². The largest absolute Gasteiger partial charge is 0.497 e. The second-order valence-electron chi connectivity index (χ2n) is 8.06. The quantitative estimate of drug-likeness (QED) is 0.559. The first kappa shape index (κ1) is 20.4. The Balaban J connectivity index is 1.62. The third-order valence-electron chi connectivity index (χ3n) is 6.00. The summed E-state index contributed by atoms with van der Waals surface area (Å²) in [5.74, 6) is 0.613. The van der Waals surface area contributed by atoms with E-state index in [0.29, 0.717) is 12.5 Å². The summed E-state index contributed by atoms with van der Waals surface area (Å²) in [5.41, 5.74) is 2.69. The van der Waals surface area contributed by atoms with E-state index < -0.39 is 12.0 Å². The Morgan fingerprint density at radius 3 is 2.63 bits per heavy atom. The lowest BCUT2D eigenvalue weighted by Crippen LogP contribution is -2.28. The molecule has 1 unspecified atom stereocenters. The Kier molecular flexibility index (Phi) is 6.29. The summed E-state index contributed by atoms with van der Waals surface area (Å²) in [6, 6.07) is 16.6. The number of benzene rings is 2. The number of pyridine rings is 1. The molecule has 3 aromatic rings. The highest BCUT2D eigenvalue weighted by molar-refractivity contribution is 5.86. The molecule has 156 valence electrons. The summed E-state index contributed by atoms with van der Waals surface area (Å²) in [5, 5.41) is 15.1. The van der Waals surface area contributed by atoms with Crippen LogP contribution < -0.4 is 10.1 Å². The summed E-state index contributed by atoms with van der Waals surface area (Å²) < 4.78 is 5.43. The van der Waals surface area contributed by atoms with E-state index in [0.717, 1.165) is 39.9 Å². The van der Waals surface area contributed by atoms with Gasteiger partial charge in [-0.1, -0.05) is 62.1 Å². The third-order valence-corrected chi connectivity index (χ3v) is 6.00. The number of fused-ring (bicyclic) bond motifs is 1. The highest BCUT2D eigenvalue weighted by Gasteiger charge is 2.21. The Morgan fingerprint density at radius 1 is 1.17 bits per heavy atom. The lowest BCUT2D eigenvalue weighted by atomic mass is 9.97. The number of nitrogens with zero attached hydrogens (tertiary/aromatic N) is 1. The zero-order chi connectivity index (χ0) is 20.9. The van der Waals surface area contributed by atoms with Gasteiger partial charge in [-0.25, -0.2) is 0 Å². The van der Waals surface area contributed by atoms with E-state index in [4.69, 9.17) is 9.72 Å². The van der Waals surface area contributed by atoms with Gasteiger partial charge < -0.3 is 9.84 Å². The molecule has 0 saturated heterocycles. The summed E-state index contributed by atoms with van der Waals surface area (Å²) in [4.78, 5) is 16.8. The van der Waals surface area contributed by atoms with E-state index in [2.05, 4.69) is 17.4 Å². The molecule has 4 rings (SSSR count). The van der Waals surface area contributed by atoms with Gasteiger partial charge >= 0.3 is 5.97 Å². The van der Waals surface area contributed by atoms with Crippen LogP contribution in [0, 0.1) is 5.92 Å². The molecule has 5 heteroatoms. The molecule has 2 aromatic carbocycles. The third kappa shape index (κ3) is 4.62. The fourth-order valence-corrected chi connectivity index (χ4v) is 4.42. The summed E-state index contributed by atoms with van der Waals surface area (Å²) in [6.07, 6.45) is 6.06. The molecular weight excluding hydrogens is 376 g/mol. The molecule has 2 N–H and O–H groups in total. The number of methoxy groups -OCH3 is 1. The molecular formula is C25H28N2O3. The Hall–Kier alpha value is -2.92. The van der Waals surface area contributed by atoms with Gasteiger partial charge in [0.2, 0.25) is 0 Å². The summed E-state index contributed by atoms with van der Waals surface area (Å²) >= 11 is 0. The van der Waals surface area contributed by atoms with Crippen LogP contribution in [0.1, 0.15) is 48.7 Å². The predicted octanol–water partition coefficient (Wildman–Crippen LogP) is 4.89. The van der Waals surface area contributed by atoms with Crippen molar-refractivity contribution in [1.82, 2.24) is 10.3 Å². The maximum atomic E-state index is 11.8. The van der Waals surface area contributed by atoms with E-state index >= 15 is 0 Å². The zero-order valence-corrected chi connectivity index (χ0v) is 17.3. The molecule has 1 atom stereocenters. The highest BCUT2D eigenvalue weighted by Crippen LogP contribution is 2.31. The van der Waals surface area contributed by atoms with Crippen molar-refractivity contribution >= 4 is 16.7 Å². The monoisotopic (exact) mass is 404 g/mol. The van der Waals surface area contributed by atoms with Crippen molar-refractivity contribution < 1.29 is 14.6 Å². The number of aliphatic carboxylic acids is 1. The second kappa shape index (κ2) is 9.26. The molecule has 1 aliphatic carbocycles. The Morgan fingerprint density at radius 2 is 1.93 bits per heavy atom. The number of nitrogens with one attached hydrogen (secondary N) is 1. The van der Waals surface area contributed by atoms with Crippen molar-refractivity contribution in [3.05, 3.63) is 71.5 Å². The van der Waals surface area contributed by atoms with E-state index in [-0.39, 0.29) is 0 Å². The zero-order valence-electron chi connectivity index (χ0n) is 17.3. The molecule has 1 heterocycles. The van der Waals surface area contributed by atoms with Gasteiger partial charge in [0.05, 0.1) is 12.8 Å². The number of carboxylic acids is 1. The minimum absolute atomic E-state index is 0.394. The molecule has 1 aliphatic rings. The van der Waals surface area contributed by atoms with Crippen molar-refractivity contribution in [1.29, 1.82) is 0 Å². The molecule has 1 saturated carbocycles. The van der Waals surface area contributed by atoms with Gasteiger partial charge in [0.15, 0.2) is 0 Å². The summed E-state index contributed by atoms with van der Waals surface area (Å²) in [6.45, 7) is 0.394. The first-order valence-corrected chi connectivity index (χ1v) is 10.6. The van der Waals surface area contributed by atoms with Crippen LogP contribution >= 0.6 is 0 Å². The normalized spacial score (nSPS) is 15.4. The topological polar surface area (TPSA) is 71.5 Å². The maximum Gasteiger partial charge on any atom is 0.325 e. The van der Waals surface area contributed by atoms with Crippen molar-refractivity contribution in [2.45, 2.75) is 44.7 Å². The van der Waals surface area contributed by atoms with Gasteiger partial charge in [-0.15, -0.1) is 0 Å². The second-order valence-corrected chi connectivity index (χ2v) is 8.06. The van der Waals surface area contributed by atoms with Gasteiger partial charge in [-0.05, 0) is 41.5 Å². The molecule has 1 aromatic heterocycles. The van der Waals surface area contributed by atoms with E-state index in [1.165, 1.54) is 25.7 Å². The van der Waals surface area contributed by atoms with Crippen LogP contribution in [0.15, 0.2) is 54.6 Å². The minimum Gasteiger partial charge on any atom is -0.497 e. The van der Waals surface area contributed by atoms with Crippen molar-refractivity contribution in [2.75, 3.05) is 7.11 Å². The number of hydrogen-bond donors (Lipinski definition) is 2. The van der Waals surface area contributed by atoms with Gasteiger partial charge in [-0.3, -0.25) is 15.1 Å². The Bertz CT molecular complexity index is 1010. The van der Waals surface area contributed by atoms with E-state index in [1.54, 1.807) is 7.11 Å². The molecule has 0 spiro atoms. The number of rotatable bonds is 8. The van der Waals surface area contributed by atoms with Crippen LogP contribution in [0.2, 0.25) is 0 Å². The van der Waals surface area contributed by atoms with Crippen molar-refractivity contribution in [3.8, 4) is 5.75 Å². The molecule has 5 nitrogen and oxygen atoms in total. The van der Waals surface area contributed by atoms with E-state index in [1.807, 2.05) is 42.5 Å². The van der Waals surface area contributed by atoms with Crippen LogP contribution in [0.3, 0.4) is 0 Å². The first-order valence-electron chi connectivity index (χ1n) is 10.6. The number of hydrogen-bond acceptors (Lipinski definition) is 4. The van der Waals surface area contributed by atoms with Gasteiger partial charge in [-0.2, -0.15) is 0 Å². The van der Waals surface area contributed by atoms with Crippen LogP contribution in [0.4, 0.5) is 0 Å². The SMILES string of the molecule is COc1ccc2cc(CNC(C(=O)O)c3ccccc3)nc(CC3CCCC3)c2c1. The first-order chi connectivity index (χ1) is 14.6. The average Bonchev–Trinajstić information content (AvgIpc) is 3.27. The summed E-state index contributed by atoms with van der Waals surface area (Å²) in [7, 11) is 1.68. The Labute approximate surface area is 177 Å². The molecule has 0 aliphatic heterocycles. The number of carboxylic acid groups (broad SMARTS) is 1. The molecule has 30 heavy (non-hydrogen) atoms. The fourth-order valence-electron chi connectivity index (χ4n) is 4.42. The number of ether oxygens (including phenoxy) is 1. The average molecular weight is 405 g/mol. The molecule has 1 fully saturated rings. The molecule has 0 bridgehead atoms. The minimum atomic E-state index is -0.891. The van der Waals surface area contributed by atoms with Crippen LogP contribution in [-0.2, 0) is 17.8 Å². The van der Waals surface area contributed by atoms with Crippen molar-refractivity contribution in [2.24, 2.45) is 5.92 Å².